The second-order valence-corrected chi connectivity index (χ2v) is 3.42. The molecule has 0 aromatic heterocycles. The molecule has 2 saturated heterocycles. The molecular weight excluding hydrogens is 174 g/mol. The molecule has 70 valence electrons. The van der Waals surface area contributed by atoms with Crippen LogP contribution in [0, 0.1) is 5.41 Å². The molecule has 0 aromatic rings. The Kier molecular flexibility index (Phi) is 1.86. The average molecular weight is 183 g/mol. The number of carbonyl (C=O) groups excluding carboxylic acids is 1. The van der Waals surface area contributed by atoms with Crippen LogP contribution < -0.4 is 0 Å². The first-order valence-corrected chi connectivity index (χ1v) is 4.05. The third-order valence-electron chi connectivity index (χ3n) is 2.54. The van der Waals surface area contributed by atoms with Gasteiger partial charge in [0.15, 0.2) is 0 Å². The van der Waals surface area contributed by atoms with E-state index in [0.717, 1.165) is 0 Å². The van der Waals surface area contributed by atoms with Crippen molar-refractivity contribution in [3.63, 3.8) is 0 Å². The summed E-state index contributed by atoms with van der Waals surface area (Å²) in [6.07, 6.45) is 0.100. The summed E-state index contributed by atoms with van der Waals surface area (Å²) in [5.74, 6) is -0.221. The summed E-state index contributed by atoms with van der Waals surface area (Å²) in [7, 11) is 0. The summed E-state index contributed by atoms with van der Waals surface area (Å²) < 4.78 is 10.1. The first kappa shape index (κ1) is 8.34. The van der Waals surface area contributed by atoms with Crippen LogP contribution in [0.3, 0.4) is 0 Å². The molecule has 2 fully saturated rings. The minimum atomic E-state index is -0.287. The van der Waals surface area contributed by atoms with Crippen LogP contribution in [0.15, 0.2) is 5.11 Å². The highest BCUT2D eigenvalue weighted by molar-refractivity contribution is 5.73. The number of hydrogen-bond donors (Lipinski definition) is 0. The van der Waals surface area contributed by atoms with Crippen molar-refractivity contribution in [1.29, 1.82) is 0 Å². The predicted octanol–water partition coefficient (Wildman–Crippen LogP) is 0.629. The molecule has 13 heavy (non-hydrogen) atoms. The van der Waals surface area contributed by atoms with Gasteiger partial charge in [0.25, 0.3) is 0 Å². The third kappa shape index (κ3) is 1.24. The predicted molar refractivity (Wildman–Crippen MR) is 41.8 cm³/mol. The van der Waals surface area contributed by atoms with Crippen molar-refractivity contribution in [1.82, 2.24) is 0 Å². The Morgan fingerprint density at radius 3 is 3.00 bits per heavy atom. The number of esters is 1. The fourth-order valence-corrected chi connectivity index (χ4v) is 1.72. The molecule has 2 aliphatic rings. The monoisotopic (exact) mass is 183 g/mol. The first-order chi connectivity index (χ1) is 6.27. The molecule has 6 nitrogen and oxygen atoms in total. The highest BCUT2D eigenvalue weighted by atomic mass is 16.6. The van der Waals surface area contributed by atoms with E-state index >= 15 is 0 Å². The second-order valence-electron chi connectivity index (χ2n) is 3.42. The normalized spacial score (nSPS) is 29.2. The van der Waals surface area contributed by atoms with Crippen LogP contribution in [0.4, 0.5) is 0 Å². The zero-order valence-corrected chi connectivity index (χ0v) is 6.97. The summed E-state index contributed by atoms with van der Waals surface area (Å²) in [6, 6.07) is 0. The molecule has 0 aromatic carbocycles. The zero-order valence-electron chi connectivity index (χ0n) is 6.97. The Bertz CT molecular complexity index is 281. The van der Waals surface area contributed by atoms with Crippen LogP contribution in [0.2, 0.25) is 0 Å². The van der Waals surface area contributed by atoms with E-state index in [2.05, 4.69) is 10.0 Å². The summed E-state index contributed by atoms with van der Waals surface area (Å²) in [4.78, 5) is 13.7. The number of rotatable bonds is 2. The number of azide groups is 1. The number of carbonyl (C=O) groups is 1. The maximum Gasteiger partial charge on any atom is 0.306 e. The van der Waals surface area contributed by atoms with Gasteiger partial charge in [0.05, 0.1) is 31.6 Å². The van der Waals surface area contributed by atoms with Gasteiger partial charge in [0.2, 0.25) is 0 Å². The summed E-state index contributed by atoms with van der Waals surface area (Å²) in [5, 5.41) is 3.41. The largest absolute Gasteiger partial charge is 0.461 e. The molecule has 6 heteroatoms. The molecular formula is C7H9N3O3. The molecule has 1 unspecified atom stereocenters. The third-order valence-corrected chi connectivity index (χ3v) is 2.54. The molecule has 0 bridgehead atoms. The Morgan fingerprint density at radius 1 is 1.69 bits per heavy atom. The second kappa shape index (κ2) is 2.90. The van der Waals surface area contributed by atoms with Crippen molar-refractivity contribution >= 4 is 5.97 Å². The SMILES string of the molecule is [N-]=[N+]=NCC1OC(=O)CC12COC2. The minimum Gasteiger partial charge on any atom is -0.461 e. The zero-order chi connectivity index (χ0) is 9.31. The Hall–Kier alpha value is -1.26. The van der Waals surface area contributed by atoms with Gasteiger partial charge >= 0.3 is 5.97 Å². The molecule has 2 rings (SSSR count). The van der Waals surface area contributed by atoms with Crippen molar-refractivity contribution in [2.75, 3.05) is 19.8 Å². The molecule has 2 aliphatic heterocycles. The number of hydrogen-bond acceptors (Lipinski definition) is 4. The highest BCUT2D eigenvalue weighted by Gasteiger charge is 2.53. The number of ether oxygens (including phenoxy) is 2. The molecule has 0 amide bonds. The lowest BCUT2D eigenvalue weighted by Gasteiger charge is -2.39. The van der Waals surface area contributed by atoms with E-state index in [0.29, 0.717) is 19.6 Å². The van der Waals surface area contributed by atoms with Gasteiger partial charge in [-0.3, -0.25) is 4.79 Å². The smallest absolute Gasteiger partial charge is 0.306 e. The maximum atomic E-state index is 11.0. The minimum absolute atomic E-state index is 0.203. The van der Waals surface area contributed by atoms with E-state index in [4.69, 9.17) is 15.0 Å². The molecule has 0 aliphatic carbocycles. The van der Waals surface area contributed by atoms with E-state index in [1.165, 1.54) is 0 Å². The highest BCUT2D eigenvalue weighted by Crippen LogP contribution is 2.42. The van der Waals surface area contributed by atoms with Gasteiger partial charge in [-0.05, 0) is 5.53 Å². The Labute approximate surface area is 74.4 Å². The van der Waals surface area contributed by atoms with E-state index in [1.807, 2.05) is 0 Å². The lowest BCUT2D eigenvalue weighted by molar-refractivity contribution is -0.149. The quantitative estimate of drug-likeness (QED) is 0.272. The van der Waals surface area contributed by atoms with Crippen LogP contribution in [-0.2, 0) is 14.3 Å². The molecule has 1 spiro atoms. The van der Waals surface area contributed by atoms with Gasteiger partial charge in [-0.25, -0.2) is 0 Å². The molecule has 0 radical (unpaired) electrons. The van der Waals surface area contributed by atoms with Gasteiger partial charge in [0, 0.05) is 4.91 Å². The van der Waals surface area contributed by atoms with Crippen LogP contribution in [-0.4, -0.2) is 31.8 Å². The summed E-state index contributed by atoms with van der Waals surface area (Å²) >= 11 is 0. The summed E-state index contributed by atoms with van der Waals surface area (Å²) in [6.45, 7) is 1.28. The topological polar surface area (TPSA) is 84.3 Å². The van der Waals surface area contributed by atoms with Gasteiger partial charge in [-0.1, -0.05) is 5.11 Å². The van der Waals surface area contributed by atoms with E-state index in [9.17, 15) is 4.79 Å². The van der Waals surface area contributed by atoms with Gasteiger partial charge in [-0.2, -0.15) is 0 Å². The van der Waals surface area contributed by atoms with Crippen molar-refractivity contribution in [2.45, 2.75) is 12.5 Å². The molecule has 0 saturated carbocycles. The fraction of sp³-hybridized carbons (Fsp3) is 0.857. The van der Waals surface area contributed by atoms with Crippen molar-refractivity contribution in [3.8, 4) is 0 Å². The van der Waals surface area contributed by atoms with Crippen LogP contribution in [0.25, 0.3) is 10.4 Å². The van der Waals surface area contributed by atoms with Gasteiger partial charge < -0.3 is 9.47 Å². The molecule has 1 atom stereocenters. The molecule has 0 N–H and O–H groups in total. The van der Waals surface area contributed by atoms with Gasteiger partial charge in [0.1, 0.15) is 6.10 Å². The molecule has 2 heterocycles. The lowest BCUT2D eigenvalue weighted by Crippen LogP contribution is -2.49. The van der Waals surface area contributed by atoms with Crippen LogP contribution in [0.1, 0.15) is 6.42 Å². The lowest BCUT2D eigenvalue weighted by atomic mass is 9.79. The maximum absolute atomic E-state index is 11.0. The Balaban J connectivity index is 2.07. The summed E-state index contributed by atoms with van der Waals surface area (Å²) in [5.41, 5.74) is 7.94. The van der Waals surface area contributed by atoms with Crippen molar-refractivity contribution < 1.29 is 14.3 Å². The number of cyclic esters (lactones) is 1. The van der Waals surface area contributed by atoms with E-state index in [1.54, 1.807) is 0 Å². The van der Waals surface area contributed by atoms with Crippen molar-refractivity contribution in [2.24, 2.45) is 10.5 Å². The first-order valence-electron chi connectivity index (χ1n) is 4.05. The van der Waals surface area contributed by atoms with E-state index in [-0.39, 0.29) is 24.0 Å². The number of nitrogens with zero attached hydrogens (tertiary/aromatic N) is 3. The average Bonchev–Trinajstić information content (AvgIpc) is 2.38. The standard InChI is InChI=1S/C7H9N3O3/c8-10-9-2-5-7(3-12-4-7)1-6(11)13-5/h5H,1-4H2. The fourth-order valence-electron chi connectivity index (χ4n) is 1.72. The van der Waals surface area contributed by atoms with Crippen LogP contribution >= 0.6 is 0 Å². The van der Waals surface area contributed by atoms with E-state index < -0.39 is 0 Å². The Morgan fingerprint density at radius 2 is 2.46 bits per heavy atom. The van der Waals surface area contributed by atoms with Gasteiger partial charge in [-0.15, -0.1) is 0 Å². The van der Waals surface area contributed by atoms with Crippen molar-refractivity contribution in [3.05, 3.63) is 10.4 Å². The van der Waals surface area contributed by atoms with Crippen LogP contribution in [0.5, 0.6) is 0 Å².